The normalized spacial score (nSPS) is 10.7. The van der Waals surface area contributed by atoms with E-state index in [1.54, 1.807) is 0 Å². The molecule has 1 aromatic rings. The lowest BCUT2D eigenvalue weighted by atomic mass is 10.7. The van der Waals surface area contributed by atoms with E-state index in [0.717, 1.165) is 11.3 Å². The number of aromatic nitrogens is 1. The van der Waals surface area contributed by atoms with Crippen LogP contribution in [0.25, 0.3) is 0 Å². The molecular weight excluding hydrogens is 251 g/mol. The molecule has 0 radical (unpaired) electrons. The number of amides is 2. The number of hydrogen-bond acceptors (Lipinski definition) is 5. The van der Waals surface area contributed by atoms with E-state index in [2.05, 4.69) is 9.82 Å². The monoisotopic (exact) mass is 255 g/mol. The van der Waals surface area contributed by atoms with Gasteiger partial charge in [-0.15, -0.1) is 11.3 Å². The summed E-state index contributed by atoms with van der Waals surface area (Å²) in [6.07, 6.45) is -3.78. The minimum Gasteiger partial charge on any atom is -0.331 e. The van der Waals surface area contributed by atoms with Crippen molar-refractivity contribution in [2.45, 2.75) is 6.18 Å². The Kier molecular flexibility index (Phi) is 3.66. The molecule has 6 nitrogen and oxygen atoms in total. The van der Waals surface area contributed by atoms with Crippen LogP contribution in [0.5, 0.6) is 0 Å². The number of halogens is 3. The van der Waals surface area contributed by atoms with Gasteiger partial charge in [-0.05, 0) is 0 Å². The zero-order valence-electron chi connectivity index (χ0n) is 7.37. The molecule has 0 saturated carbocycles. The number of rotatable bonds is 1. The second-order valence-corrected chi connectivity index (χ2v) is 3.18. The predicted molar refractivity (Wildman–Crippen MR) is 46.4 cm³/mol. The van der Waals surface area contributed by atoms with Gasteiger partial charge in [-0.2, -0.15) is 18.7 Å². The van der Waals surface area contributed by atoms with Gasteiger partial charge in [0.25, 0.3) is 0 Å². The Morgan fingerprint density at radius 1 is 1.44 bits per heavy atom. The van der Waals surface area contributed by atoms with E-state index < -0.39 is 18.2 Å². The summed E-state index contributed by atoms with van der Waals surface area (Å²) >= 11 is 1.05. The van der Waals surface area contributed by atoms with Crippen molar-refractivity contribution in [3.05, 3.63) is 11.6 Å². The van der Waals surface area contributed by atoms with Gasteiger partial charge < -0.3 is 4.84 Å². The molecule has 0 saturated heterocycles. The molecule has 1 rings (SSSR count). The average Bonchev–Trinajstić information content (AvgIpc) is 2.65. The number of carbonyl (C=O) groups excluding carboxylic acids is 2. The largest absolute Gasteiger partial charge is 0.493 e. The first-order valence-electron chi connectivity index (χ1n) is 3.64. The van der Waals surface area contributed by atoms with E-state index in [-0.39, 0.29) is 5.13 Å². The number of urea groups is 1. The lowest BCUT2D eigenvalue weighted by Crippen LogP contribution is -2.36. The Labute approximate surface area is 90.4 Å². The SMILES string of the molecule is O=C(NOC(=O)C(F)(F)F)Nc1nccs1. The molecule has 0 atom stereocenters. The van der Waals surface area contributed by atoms with Gasteiger partial charge in [-0.25, -0.2) is 14.6 Å². The summed E-state index contributed by atoms with van der Waals surface area (Å²) in [5, 5.41) is 3.73. The van der Waals surface area contributed by atoms with Crippen molar-refractivity contribution in [1.82, 2.24) is 10.5 Å². The van der Waals surface area contributed by atoms with E-state index in [1.165, 1.54) is 17.1 Å². The maximum atomic E-state index is 11.6. The predicted octanol–water partition coefficient (Wildman–Crippen LogP) is 1.29. The summed E-state index contributed by atoms with van der Waals surface area (Å²) in [4.78, 5) is 28.1. The minimum atomic E-state index is -5.16. The van der Waals surface area contributed by atoms with Crippen LogP contribution in [-0.2, 0) is 9.63 Å². The highest BCUT2D eigenvalue weighted by Gasteiger charge is 2.41. The van der Waals surface area contributed by atoms with Crippen LogP contribution in [0, 0.1) is 0 Å². The van der Waals surface area contributed by atoms with Crippen LogP contribution in [0.4, 0.5) is 23.1 Å². The molecule has 2 amide bonds. The Morgan fingerprint density at radius 2 is 2.12 bits per heavy atom. The van der Waals surface area contributed by atoms with Crippen molar-refractivity contribution >= 4 is 28.5 Å². The molecule has 0 unspecified atom stereocenters. The van der Waals surface area contributed by atoms with Gasteiger partial charge in [0.2, 0.25) is 0 Å². The summed E-state index contributed by atoms with van der Waals surface area (Å²) < 4.78 is 34.9. The van der Waals surface area contributed by atoms with E-state index >= 15 is 0 Å². The smallest absolute Gasteiger partial charge is 0.331 e. The second-order valence-electron chi connectivity index (χ2n) is 2.28. The molecule has 0 aromatic carbocycles. The van der Waals surface area contributed by atoms with E-state index in [1.807, 2.05) is 5.32 Å². The molecule has 0 aliphatic carbocycles. The summed E-state index contributed by atoms with van der Waals surface area (Å²) in [6, 6.07) is -1.13. The van der Waals surface area contributed by atoms with Gasteiger partial charge in [0.05, 0.1) is 0 Å². The first kappa shape index (κ1) is 12.2. The van der Waals surface area contributed by atoms with E-state index in [4.69, 9.17) is 0 Å². The third-order valence-electron chi connectivity index (χ3n) is 1.12. The number of hydroxylamine groups is 1. The van der Waals surface area contributed by atoms with Gasteiger partial charge in [0.15, 0.2) is 5.13 Å². The number of nitrogens with one attached hydrogen (secondary N) is 2. The first-order chi connectivity index (χ1) is 7.39. The highest BCUT2D eigenvalue weighted by Crippen LogP contribution is 2.15. The molecule has 0 fully saturated rings. The fraction of sp³-hybridized carbons (Fsp3) is 0.167. The van der Waals surface area contributed by atoms with Crippen LogP contribution >= 0.6 is 11.3 Å². The van der Waals surface area contributed by atoms with Gasteiger partial charge >= 0.3 is 18.2 Å². The standard InChI is InChI=1S/C6H4F3N3O3S/c7-6(8,9)3(13)15-12-4(14)11-5-10-1-2-16-5/h1-2H,(H2,10,11,12,14). The van der Waals surface area contributed by atoms with Crippen molar-refractivity contribution in [2.24, 2.45) is 0 Å². The number of hydrogen-bond donors (Lipinski definition) is 2. The lowest BCUT2D eigenvalue weighted by molar-refractivity contribution is -0.204. The fourth-order valence-electron chi connectivity index (χ4n) is 0.558. The molecule has 16 heavy (non-hydrogen) atoms. The molecule has 88 valence electrons. The molecule has 10 heteroatoms. The van der Waals surface area contributed by atoms with Crippen LogP contribution in [0.1, 0.15) is 0 Å². The van der Waals surface area contributed by atoms with Crippen molar-refractivity contribution in [2.75, 3.05) is 5.32 Å². The van der Waals surface area contributed by atoms with Crippen LogP contribution in [0.3, 0.4) is 0 Å². The average molecular weight is 255 g/mol. The van der Waals surface area contributed by atoms with Crippen molar-refractivity contribution < 1.29 is 27.6 Å². The van der Waals surface area contributed by atoms with Crippen LogP contribution in [0.2, 0.25) is 0 Å². The fourth-order valence-corrected chi connectivity index (χ4v) is 1.08. The van der Waals surface area contributed by atoms with Crippen LogP contribution in [0.15, 0.2) is 11.6 Å². The maximum absolute atomic E-state index is 11.6. The third-order valence-corrected chi connectivity index (χ3v) is 1.81. The summed E-state index contributed by atoms with van der Waals surface area (Å²) in [5.41, 5.74) is 1.27. The van der Waals surface area contributed by atoms with Crippen molar-refractivity contribution in [3.63, 3.8) is 0 Å². The van der Waals surface area contributed by atoms with Crippen molar-refractivity contribution in [1.29, 1.82) is 0 Å². The molecule has 0 aliphatic rings. The lowest BCUT2D eigenvalue weighted by Gasteiger charge is -2.07. The molecule has 0 bridgehead atoms. The van der Waals surface area contributed by atoms with Crippen LogP contribution < -0.4 is 10.8 Å². The van der Waals surface area contributed by atoms with Gasteiger partial charge in [0, 0.05) is 11.6 Å². The zero-order valence-corrected chi connectivity index (χ0v) is 8.19. The second kappa shape index (κ2) is 4.79. The molecule has 0 aliphatic heterocycles. The summed E-state index contributed by atoms with van der Waals surface area (Å²) in [7, 11) is 0. The Hall–Kier alpha value is -1.84. The number of nitrogens with zero attached hydrogens (tertiary/aromatic N) is 1. The number of anilines is 1. The maximum Gasteiger partial charge on any atom is 0.493 e. The zero-order chi connectivity index (χ0) is 12.2. The summed E-state index contributed by atoms with van der Waals surface area (Å²) in [5.74, 6) is -2.51. The minimum absolute atomic E-state index is 0.153. The third kappa shape index (κ3) is 3.73. The van der Waals surface area contributed by atoms with Gasteiger partial charge in [-0.1, -0.05) is 0 Å². The van der Waals surface area contributed by atoms with E-state index in [0.29, 0.717) is 0 Å². The highest BCUT2D eigenvalue weighted by molar-refractivity contribution is 7.13. The Bertz CT molecular complexity index is 378. The van der Waals surface area contributed by atoms with E-state index in [9.17, 15) is 22.8 Å². The highest BCUT2D eigenvalue weighted by atomic mass is 32.1. The molecule has 0 spiro atoms. The van der Waals surface area contributed by atoms with Crippen LogP contribution in [-0.4, -0.2) is 23.2 Å². The molecule has 1 aromatic heterocycles. The van der Waals surface area contributed by atoms with Gasteiger partial charge in [0.1, 0.15) is 0 Å². The number of carbonyl (C=O) groups is 2. The number of alkyl halides is 3. The quantitative estimate of drug-likeness (QED) is 0.741. The summed E-state index contributed by atoms with van der Waals surface area (Å²) in [6.45, 7) is 0. The Balaban J connectivity index is 2.34. The Morgan fingerprint density at radius 3 is 2.62 bits per heavy atom. The number of thiazole rings is 1. The molecular formula is C6H4F3N3O3S. The molecule has 1 heterocycles. The van der Waals surface area contributed by atoms with Gasteiger partial charge in [-0.3, -0.25) is 5.32 Å². The topological polar surface area (TPSA) is 80.3 Å². The first-order valence-corrected chi connectivity index (χ1v) is 4.52. The molecule has 2 N–H and O–H groups in total. The van der Waals surface area contributed by atoms with Crippen molar-refractivity contribution in [3.8, 4) is 0 Å².